The number of halogens is 2. The van der Waals surface area contributed by atoms with Gasteiger partial charge in [0.05, 0.1) is 0 Å². The summed E-state index contributed by atoms with van der Waals surface area (Å²) >= 11 is 6.93. The smallest absolute Gasteiger partial charge is 0.332 e. The first-order chi connectivity index (χ1) is 14.5. The number of carbonyl (C=O) groups excluding carboxylic acids is 1. The minimum absolute atomic E-state index is 0.183. The second-order valence-electron chi connectivity index (χ2n) is 7.78. The second kappa shape index (κ2) is 7.52. The van der Waals surface area contributed by atoms with Gasteiger partial charge in [-0.2, -0.15) is 0 Å². The van der Waals surface area contributed by atoms with Gasteiger partial charge in [0.25, 0.3) is 0 Å². The minimum atomic E-state index is -1.01. The van der Waals surface area contributed by atoms with Crippen molar-refractivity contribution in [2.75, 3.05) is 9.80 Å². The highest BCUT2D eigenvalue weighted by Crippen LogP contribution is 2.57. The Kier molecular flexibility index (Phi) is 4.96. The molecule has 2 amide bonds. The molecular formula is C24H20Br2N2O2. The average molecular weight is 528 g/mol. The average Bonchev–Trinajstić information content (AvgIpc) is 3.57. The lowest BCUT2D eigenvalue weighted by molar-refractivity contribution is 0.0945. The van der Waals surface area contributed by atoms with E-state index in [0.29, 0.717) is 5.69 Å². The molecule has 1 aliphatic heterocycles. The fourth-order valence-corrected chi connectivity index (χ4v) is 5.11. The van der Waals surface area contributed by atoms with Crippen LogP contribution in [0.25, 0.3) is 0 Å². The third-order valence-electron chi connectivity index (χ3n) is 6.03. The highest BCUT2D eigenvalue weighted by molar-refractivity contribution is 9.10. The first-order valence-corrected chi connectivity index (χ1v) is 11.5. The molecule has 5 rings (SSSR count). The molecule has 1 aliphatic carbocycles. The van der Waals surface area contributed by atoms with Crippen molar-refractivity contribution in [2.45, 2.75) is 24.6 Å². The van der Waals surface area contributed by atoms with Crippen LogP contribution in [-0.4, -0.2) is 17.4 Å². The monoisotopic (exact) mass is 526 g/mol. The van der Waals surface area contributed by atoms with Crippen LogP contribution in [0.15, 0.2) is 87.8 Å². The number of benzene rings is 3. The second-order valence-corrected chi connectivity index (χ2v) is 9.61. The SMILES string of the molecule is O=C1N(c2ccc(Br)cc2)C(O)[C@@](c2ccccc2)(C2CC2)N1c1ccc(Br)cc1. The number of urea groups is 1. The molecule has 2 fully saturated rings. The van der Waals surface area contributed by atoms with Gasteiger partial charge in [-0.25, -0.2) is 4.79 Å². The van der Waals surface area contributed by atoms with Crippen LogP contribution in [0.4, 0.5) is 16.2 Å². The van der Waals surface area contributed by atoms with Gasteiger partial charge in [0.1, 0.15) is 5.54 Å². The molecule has 1 N–H and O–H groups in total. The lowest BCUT2D eigenvalue weighted by atomic mass is 9.82. The third-order valence-corrected chi connectivity index (χ3v) is 7.09. The van der Waals surface area contributed by atoms with Crippen molar-refractivity contribution in [3.8, 4) is 0 Å². The van der Waals surface area contributed by atoms with Crippen molar-refractivity contribution in [1.82, 2.24) is 0 Å². The number of hydrogen-bond donors (Lipinski definition) is 1. The number of hydrogen-bond acceptors (Lipinski definition) is 2. The Balaban J connectivity index is 1.73. The summed E-state index contributed by atoms with van der Waals surface area (Å²) in [7, 11) is 0. The van der Waals surface area contributed by atoms with Crippen molar-refractivity contribution in [3.63, 3.8) is 0 Å². The molecule has 4 nitrogen and oxygen atoms in total. The molecule has 152 valence electrons. The first kappa shape index (κ1) is 19.8. The Labute approximate surface area is 192 Å². The van der Waals surface area contributed by atoms with E-state index in [4.69, 9.17) is 0 Å². The Morgan fingerprint density at radius 3 is 1.87 bits per heavy atom. The quantitative estimate of drug-likeness (QED) is 0.433. The predicted octanol–water partition coefficient (Wildman–Crippen LogP) is 6.28. The van der Waals surface area contributed by atoms with Gasteiger partial charge in [0.15, 0.2) is 6.23 Å². The molecule has 2 atom stereocenters. The Morgan fingerprint density at radius 1 is 0.800 bits per heavy atom. The lowest BCUT2D eigenvalue weighted by Gasteiger charge is -2.40. The molecule has 0 bridgehead atoms. The van der Waals surface area contributed by atoms with Crippen molar-refractivity contribution < 1.29 is 9.90 Å². The summed E-state index contributed by atoms with van der Waals surface area (Å²) in [4.78, 5) is 17.2. The molecule has 3 aromatic rings. The van der Waals surface area contributed by atoms with Gasteiger partial charge >= 0.3 is 6.03 Å². The molecular weight excluding hydrogens is 508 g/mol. The number of rotatable bonds is 4. The molecule has 1 heterocycles. The highest BCUT2D eigenvalue weighted by Gasteiger charge is 2.65. The summed E-state index contributed by atoms with van der Waals surface area (Å²) in [6, 6.07) is 24.9. The van der Waals surface area contributed by atoms with E-state index in [1.54, 1.807) is 4.90 Å². The summed E-state index contributed by atoms with van der Waals surface area (Å²) < 4.78 is 1.87. The molecule has 30 heavy (non-hydrogen) atoms. The standard InChI is InChI=1S/C24H20Br2N2O2/c25-18-8-12-20(13-9-18)27-22(29)24(17-6-7-17,16-4-2-1-3-5-16)28(23(27)30)21-14-10-19(26)11-15-21/h1-5,8-15,17,22,29H,6-7H2/t22?,24-/m1/s1. The van der Waals surface area contributed by atoms with Gasteiger partial charge in [-0.15, -0.1) is 0 Å². The van der Waals surface area contributed by atoms with Crippen LogP contribution >= 0.6 is 31.9 Å². The topological polar surface area (TPSA) is 43.8 Å². The molecule has 1 saturated carbocycles. The van der Waals surface area contributed by atoms with Crippen molar-refractivity contribution in [3.05, 3.63) is 93.4 Å². The van der Waals surface area contributed by atoms with E-state index in [0.717, 1.165) is 33.0 Å². The van der Waals surface area contributed by atoms with Crippen molar-refractivity contribution >= 4 is 49.3 Å². The van der Waals surface area contributed by atoms with Gasteiger partial charge in [-0.1, -0.05) is 62.2 Å². The van der Waals surface area contributed by atoms with Crippen LogP contribution in [0, 0.1) is 5.92 Å². The number of nitrogens with zero attached hydrogens (tertiary/aromatic N) is 2. The third kappa shape index (κ3) is 3.01. The molecule has 3 aromatic carbocycles. The van der Waals surface area contributed by atoms with E-state index in [9.17, 15) is 9.90 Å². The van der Waals surface area contributed by atoms with Crippen molar-refractivity contribution in [2.24, 2.45) is 5.92 Å². The molecule has 0 spiro atoms. The van der Waals surface area contributed by atoms with Crippen molar-refractivity contribution in [1.29, 1.82) is 0 Å². The predicted molar refractivity (Wildman–Crippen MR) is 125 cm³/mol. The zero-order valence-corrected chi connectivity index (χ0v) is 19.3. The van der Waals surface area contributed by atoms with E-state index in [1.807, 2.05) is 78.9 Å². The molecule has 2 aliphatic rings. The van der Waals surface area contributed by atoms with E-state index in [1.165, 1.54) is 4.90 Å². The molecule has 1 saturated heterocycles. The van der Waals surface area contributed by atoms with Crippen LogP contribution in [0.2, 0.25) is 0 Å². The molecule has 1 unspecified atom stereocenters. The largest absolute Gasteiger partial charge is 0.370 e. The first-order valence-electron chi connectivity index (χ1n) is 9.91. The van der Waals surface area contributed by atoms with Crippen LogP contribution in [0.3, 0.4) is 0 Å². The summed E-state index contributed by atoms with van der Waals surface area (Å²) in [5.41, 5.74) is 1.56. The van der Waals surface area contributed by atoms with Crippen LogP contribution in [0.1, 0.15) is 18.4 Å². The zero-order valence-electron chi connectivity index (χ0n) is 16.1. The fourth-order valence-electron chi connectivity index (χ4n) is 4.59. The van der Waals surface area contributed by atoms with Gasteiger partial charge < -0.3 is 5.11 Å². The number of amides is 2. The normalized spacial score (nSPS) is 23.8. The van der Waals surface area contributed by atoms with Crippen LogP contribution in [-0.2, 0) is 5.54 Å². The van der Waals surface area contributed by atoms with Gasteiger partial charge in [-0.05, 0) is 72.9 Å². The Hall–Kier alpha value is -2.15. The number of aliphatic hydroxyl groups excluding tert-OH is 1. The van der Waals surface area contributed by atoms with E-state index >= 15 is 0 Å². The number of aliphatic hydroxyl groups is 1. The fraction of sp³-hybridized carbons (Fsp3) is 0.208. The maximum absolute atomic E-state index is 13.9. The molecule has 0 aromatic heterocycles. The highest BCUT2D eigenvalue weighted by atomic mass is 79.9. The number of anilines is 2. The summed E-state index contributed by atoms with van der Waals surface area (Å²) in [5.74, 6) is 0.183. The van der Waals surface area contributed by atoms with Gasteiger partial charge in [0.2, 0.25) is 0 Å². The maximum Gasteiger partial charge on any atom is 0.332 e. The van der Waals surface area contributed by atoms with Gasteiger partial charge in [-0.3, -0.25) is 9.80 Å². The van der Waals surface area contributed by atoms with E-state index < -0.39 is 11.8 Å². The Bertz CT molecular complexity index is 1070. The maximum atomic E-state index is 13.9. The summed E-state index contributed by atoms with van der Waals surface area (Å²) in [6.07, 6.45) is 0.936. The molecule has 6 heteroatoms. The van der Waals surface area contributed by atoms with E-state index in [-0.39, 0.29) is 11.9 Å². The summed E-state index contributed by atoms with van der Waals surface area (Å²) in [6.45, 7) is 0. The lowest BCUT2D eigenvalue weighted by Crippen LogP contribution is -2.51. The molecule has 0 radical (unpaired) electrons. The Morgan fingerprint density at radius 2 is 1.33 bits per heavy atom. The van der Waals surface area contributed by atoms with Crippen LogP contribution in [0.5, 0.6) is 0 Å². The van der Waals surface area contributed by atoms with Crippen LogP contribution < -0.4 is 9.80 Å². The van der Waals surface area contributed by atoms with E-state index in [2.05, 4.69) is 31.9 Å². The zero-order chi connectivity index (χ0) is 20.9. The number of carbonyl (C=O) groups is 1. The summed E-state index contributed by atoms with van der Waals surface area (Å²) in [5, 5.41) is 11.8. The minimum Gasteiger partial charge on any atom is -0.370 e. The van der Waals surface area contributed by atoms with Gasteiger partial charge in [0, 0.05) is 20.3 Å².